The van der Waals surface area contributed by atoms with Gasteiger partial charge in [0.25, 0.3) is 0 Å². The van der Waals surface area contributed by atoms with Gasteiger partial charge in [0.05, 0.1) is 15.0 Å². The normalized spacial score (nSPS) is 15.5. The van der Waals surface area contributed by atoms with Gasteiger partial charge in [-0.1, -0.05) is 23.2 Å². The highest BCUT2D eigenvalue weighted by molar-refractivity contribution is 6.42. The molecule has 7 heteroatoms. The summed E-state index contributed by atoms with van der Waals surface area (Å²) >= 11 is 11.5. The van der Waals surface area contributed by atoms with Crippen LogP contribution in [-0.2, 0) is 4.79 Å². The van der Waals surface area contributed by atoms with E-state index in [1.54, 1.807) is 0 Å². The minimum Gasteiger partial charge on any atom is -0.483 e. The van der Waals surface area contributed by atoms with Crippen molar-refractivity contribution in [2.45, 2.75) is 18.9 Å². The molecule has 1 aliphatic rings. The van der Waals surface area contributed by atoms with Crippen LogP contribution in [0.15, 0.2) is 12.1 Å². The van der Waals surface area contributed by atoms with Crippen molar-refractivity contribution in [2.75, 3.05) is 0 Å². The molecule has 90 valence electrons. The number of carbonyl (C=O) groups excluding carboxylic acids is 1. The molecule has 0 unspecified atom stereocenters. The van der Waals surface area contributed by atoms with Gasteiger partial charge in [-0.15, -0.1) is 0 Å². The van der Waals surface area contributed by atoms with E-state index in [1.807, 2.05) is 0 Å². The molecule has 1 fully saturated rings. The van der Waals surface area contributed by atoms with Gasteiger partial charge >= 0.3 is 5.69 Å². The molecule has 2 rings (SSSR count). The molecule has 0 bridgehead atoms. The van der Waals surface area contributed by atoms with Crippen molar-refractivity contribution in [3.05, 3.63) is 32.3 Å². The lowest BCUT2D eigenvalue weighted by molar-refractivity contribution is -0.386. The first-order valence-electron chi connectivity index (χ1n) is 4.79. The minimum atomic E-state index is -0.599. The van der Waals surface area contributed by atoms with E-state index in [1.165, 1.54) is 6.07 Å². The Balaban J connectivity index is 2.27. The number of nitro benzene ring substituents is 1. The van der Waals surface area contributed by atoms with E-state index in [4.69, 9.17) is 27.9 Å². The number of benzene rings is 1. The molecular formula is C10H7Cl2NO4. The molecule has 0 aromatic heterocycles. The molecule has 5 nitrogen and oxygen atoms in total. The Morgan fingerprint density at radius 2 is 1.88 bits per heavy atom. The molecule has 1 saturated carbocycles. The molecule has 1 aliphatic carbocycles. The van der Waals surface area contributed by atoms with Crippen molar-refractivity contribution in [3.63, 3.8) is 0 Å². The minimum absolute atomic E-state index is 0.0434. The smallest absolute Gasteiger partial charge is 0.312 e. The molecular weight excluding hydrogens is 269 g/mol. The number of carbonyl (C=O) groups is 1. The molecule has 0 saturated heterocycles. The highest BCUT2D eigenvalue weighted by Gasteiger charge is 2.31. The summed E-state index contributed by atoms with van der Waals surface area (Å²) in [5, 5.41) is 11.1. The van der Waals surface area contributed by atoms with E-state index >= 15 is 0 Å². The van der Waals surface area contributed by atoms with Gasteiger partial charge in [0.1, 0.15) is 11.9 Å². The van der Waals surface area contributed by atoms with Crippen LogP contribution in [0.25, 0.3) is 0 Å². The lowest BCUT2D eigenvalue weighted by Gasteiger charge is -2.24. The van der Waals surface area contributed by atoms with Crippen molar-refractivity contribution in [3.8, 4) is 5.75 Å². The molecule has 17 heavy (non-hydrogen) atoms. The lowest BCUT2D eigenvalue weighted by Crippen LogP contribution is -2.33. The Labute approximate surface area is 106 Å². The maximum absolute atomic E-state index is 10.8. The second kappa shape index (κ2) is 4.50. The summed E-state index contributed by atoms with van der Waals surface area (Å²) in [6.45, 7) is 0. The first kappa shape index (κ1) is 12.1. The first-order valence-corrected chi connectivity index (χ1v) is 5.54. The summed E-state index contributed by atoms with van der Waals surface area (Å²) in [6, 6.07) is 2.44. The van der Waals surface area contributed by atoms with Crippen LogP contribution in [0.2, 0.25) is 10.0 Å². The fourth-order valence-corrected chi connectivity index (χ4v) is 1.78. The number of ketones is 1. The number of rotatable bonds is 3. The molecule has 0 radical (unpaired) electrons. The highest BCUT2D eigenvalue weighted by atomic mass is 35.5. The molecule has 1 aromatic rings. The molecule has 0 aliphatic heterocycles. The fraction of sp³-hybridized carbons (Fsp3) is 0.300. The number of nitrogens with zero attached hydrogens (tertiary/aromatic N) is 1. The van der Waals surface area contributed by atoms with Crippen LogP contribution >= 0.6 is 23.2 Å². The standard InChI is InChI=1S/C10H7Cl2NO4/c11-7-3-9(13(15)16)10(4-8(7)12)17-6-1-5(14)2-6/h3-4,6H,1-2H2. The van der Waals surface area contributed by atoms with Crippen LogP contribution in [0.4, 0.5) is 5.69 Å². The lowest BCUT2D eigenvalue weighted by atomic mass is 9.94. The van der Waals surface area contributed by atoms with Crippen molar-refractivity contribution in [1.29, 1.82) is 0 Å². The topological polar surface area (TPSA) is 69.4 Å². The Bertz CT molecular complexity index is 495. The Morgan fingerprint density at radius 1 is 1.29 bits per heavy atom. The maximum Gasteiger partial charge on any atom is 0.312 e. The SMILES string of the molecule is O=C1CC(Oc2cc(Cl)c(Cl)cc2[N+](=O)[O-])C1. The molecule has 1 aromatic carbocycles. The van der Waals surface area contributed by atoms with Gasteiger partial charge < -0.3 is 4.74 Å². The summed E-state index contributed by atoms with van der Waals surface area (Å²) in [4.78, 5) is 21.0. The number of hydrogen-bond donors (Lipinski definition) is 0. The molecule has 0 N–H and O–H groups in total. The molecule has 0 atom stereocenters. The number of hydrogen-bond acceptors (Lipinski definition) is 4. The third kappa shape index (κ3) is 2.50. The van der Waals surface area contributed by atoms with Crippen LogP contribution in [0.5, 0.6) is 5.75 Å². The van der Waals surface area contributed by atoms with E-state index in [0.29, 0.717) is 0 Å². The number of ether oxygens (including phenoxy) is 1. The van der Waals surface area contributed by atoms with E-state index in [-0.39, 0.29) is 46.2 Å². The Kier molecular flexibility index (Phi) is 3.22. The second-order valence-corrected chi connectivity index (χ2v) is 4.49. The summed E-state index contributed by atoms with van der Waals surface area (Å²) < 4.78 is 5.34. The number of Topliss-reactive ketones (excluding diaryl/α,β-unsaturated/α-hetero) is 1. The highest BCUT2D eigenvalue weighted by Crippen LogP contribution is 2.37. The molecule has 0 spiro atoms. The van der Waals surface area contributed by atoms with E-state index in [9.17, 15) is 14.9 Å². The summed E-state index contributed by atoms with van der Waals surface area (Å²) in [7, 11) is 0. The largest absolute Gasteiger partial charge is 0.483 e. The fourth-order valence-electron chi connectivity index (χ4n) is 1.47. The first-order chi connectivity index (χ1) is 7.97. The maximum atomic E-state index is 10.8. The number of halogens is 2. The predicted molar refractivity (Wildman–Crippen MR) is 61.8 cm³/mol. The van der Waals surface area contributed by atoms with Crippen LogP contribution < -0.4 is 4.74 Å². The van der Waals surface area contributed by atoms with Crippen molar-refractivity contribution in [2.24, 2.45) is 0 Å². The Morgan fingerprint density at radius 3 is 2.41 bits per heavy atom. The molecule has 0 heterocycles. The van der Waals surface area contributed by atoms with Gasteiger partial charge in [-0.05, 0) is 0 Å². The zero-order chi connectivity index (χ0) is 12.6. The van der Waals surface area contributed by atoms with Crippen LogP contribution in [0.1, 0.15) is 12.8 Å². The van der Waals surface area contributed by atoms with E-state index in [2.05, 4.69) is 0 Å². The zero-order valence-electron chi connectivity index (χ0n) is 8.48. The van der Waals surface area contributed by atoms with Gasteiger partial charge in [-0.3, -0.25) is 14.9 Å². The summed E-state index contributed by atoms with van der Waals surface area (Å²) in [5.41, 5.74) is -0.251. The van der Waals surface area contributed by atoms with Gasteiger partial charge in [0.2, 0.25) is 0 Å². The van der Waals surface area contributed by atoms with Gasteiger partial charge in [0.15, 0.2) is 5.75 Å². The van der Waals surface area contributed by atoms with Crippen molar-refractivity contribution in [1.82, 2.24) is 0 Å². The zero-order valence-corrected chi connectivity index (χ0v) is 9.99. The monoisotopic (exact) mass is 275 g/mol. The van der Waals surface area contributed by atoms with Crippen molar-refractivity contribution < 1.29 is 14.5 Å². The summed E-state index contributed by atoms with van der Waals surface area (Å²) in [5.74, 6) is 0.125. The third-order valence-corrected chi connectivity index (χ3v) is 3.13. The predicted octanol–water partition coefficient (Wildman–Crippen LogP) is 3.01. The average Bonchev–Trinajstić information content (AvgIpc) is 2.20. The van der Waals surface area contributed by atoms with Crippen LogP contribution in [-0.4, -0.2) is 16.8 Å². The average molecular weight is 276 g/mol. The number of nitro groups is 1. The second-order valence-electron chi connectivity index (χ2n) is 3.68. The van der Waals surface area contributed by atoms with E-state index < -0.39 is 4.92 Å². The van der Waals surface area contributed by atoms with Gasteiger partial charge in [0, 0.05) is 25.0 Å². The quantitative estimate of drug-likeness (QED) is 0.628. The van der Waals surface area contributed by atoms with Crippen LogP contribution in [0, 0.1) is 10.1 Å². The van der Waals surface area contributed by atoms with Gasteiger partial charge in [-0.2, -0.15) is 0 Å². The van der Waals surface area contributed by atoms with Gasteiger partial charge in [-0.25, -0.2) is 0 Å². The third-order valence-electron chi connectivity index (χ3n) is 2.40. The van der Waals surface area contributed by atoms with Crippen LogP contribution in [0.3, 0.4) is 0 Å². The van der Waals surface area contributed by atoms with Crippen molar-refractivity contribution >= 4 is 34.7 Å². The Hall–Kier alpha value is -1.33. The summed E-state index contributed by atoms with van der Waals surface area (Å²) in [6.07, 6.45) is 0.243. The van der Waals surface area contributed by atoms with E-state index in [0.717, 1.165) is 6.07 Å². The molecule has 0 amide bonds.